The van der Waals surface area contributed by atoms with E-state index in [0.29, 0.717) is 35.2 Å². The van der Waals surface area contributed by atoms with Gasteiger partial charge in [0.05, 0.1) is 18.1 Å². The number of amides is 2. The minimum Gasteiger partial charge on any atom is -0.379 e. The second-order valence-electron chi connectivity index (χ2n) is 7.51. The van der Waals surface area contributed by atoms with Crippen molar-refractivity contribution in [2.24, 2.45) is 0 Å². The molecule has 2 amide bonds. The fourth-order valence-corrected chi connectivity index (χ4v) is 4.66. The van der Waals surface area contributed by atoms with Gasteiger partial charge in [0.2, 0.25) is 5.91 Å². The zero-order chi connectivity index (χ0) is 21.3. The van der Waals surface area contributed by atoms with E-state index in [4.69, 9.17) is 17.0 Å². The molecule has 1 aromatic carbocycles. The van der Waals surface area contributed by atoms with Crippen LogP contribution in [-0.4, -0.2) is 71.9 Å². The normalized spacial score (nSPS) is 19.0. The molecule has 0 saturated carbocycles. The van der Waals surface area contributed by atoms with Crippen molar-refractivity contribution in [3.63, 3.8) is 0 Å². The van der Waals surface area contributed by atoms with Crippen LogP contribution in [0.4, 0.5) is 0 Å². The van der Waals surface area contributed by atoms with Crippen LogP contribution in [0.2, 0.25) is 0 Å². The Hall–Kier alpha value is -1.74. The topological polar surface area (TPSA) is 61.9 Å². The van der Waals surface area contributed by atoms with Crippen molar-refractivity contribution in [3.8, 4) is 0 Å². The largest absolute Gasteiger partial charge is 0.379 e. The molecule has 0 atom stereocenters. The number of rotatable bonds is 9. The predicted octanol–water partition coefficient (Wildman–Crippen LogP) is 2.81. The average molecular weight is 448 g/mol. The minimum atomic E-state index is -0.0727. The molecule has 0 aromatic heterocycles. The molecule has 8 heteroatoms. The fourth-order valence-electron chi connectivity index (χ4n) is 3.35. The van der Waals surface area contributed by atoms with Gasteiger partial charge in [-0.1, -0.05) is 53.8 Å². The lowest BCUT2D eigenvalue weighted by molar-refractivity contribution is -0.124. The molecule has 0 unspecified atom stereocenters. The second kappa shape index (κ2) is 11.6. The van der Waals surface area contributed by atoms with Crippen LogP contribution in [0.3, 0.4) is 0 Å². The lowest BCUT2D eigenvalue weighted by atomic mass is 10.1. The van der Waals surface area contributed by atoms with Crippen LogP contribution >= 0.6 is 24.0 Å². The van der Waals surface area contributed by atoms with Gasteiger partial charge in [-0.3, -0.25) is 19.4 Å². The Bertz CT molecular complexity index is 789. The smallest absolute Gasteiger partial charge is 0.266 e. The SMILES string of the molecule is Cc1ccc(C=C2SC(=S)N(CCCC(=O)NCCCN3CCOCC3)C2=O)cc1. The van der Waals surface area contributed by atoms with Crippen LogP contribution in [0.1, 0.15) is 30.4 Å². The van der Waals surface area contributed by atoms with Gasteiger partial charge < -0.3 is 10.1 Å². The maximum atomic E-state index is 12.7. The number of thiocarbonyl (C=S) groups is 1. The summed E-state index contributed by atoms with van der Waals surface area (Å²) in [7, 11) is 0. The number of hydrogen-bond donors (Lipinski definition) is 1. The highest BCUT2D eigenvalue weighted by Gasteiger charge is 2.31. The Morgan fingerprint density at radius 1 is 1.20 bits per heavy atom. The van der Waals surface area contributed by atoms with Gasteiger partial charge in [0, 0.05) is 32.6 Å². The van der Waals surface area contributed by atoms with E-state index in [1.54, 1.807) is 4.90 Å². The molecule has 30 heavy (non-hydrogen) atoms. The molecular formula is C22H29N3O3S2. The van der Waals surface area contributed by atoms with Gasteiger partial charge in [0.25, 0.3) is 5.91 Å². The molecule has 0 radical (unpaired) electrons. The van der Waals surface area contributed by atoms with Gasteiger partial charge in [0.15, 0.2) is 0 Å². The van der Waals surface area contributed by atoms with E-state index in [0.717, 1.165) is 44.8 Å². The lowest BCUT2D eigenvalue weighted by Gasteiger charge is -2.26. The van der Waals surface area contributed by atoms with Crippen molar-refractivity contribution in [3.05, 3.63) is 40.3 Å². The minimum absolute atomic E-state index is 0.0256. The van der Waals surface area contributed by atoms with Crippen LogP contribution in [0.25, 0.3) is 6.08 Å². The highest BCUT2D eigenvalue weighted by Crippen LogP contribution is 2.32. The van der Waals surface area contributed by atoms with Crippen LogP contribution in [0, 0.1) is 6.92 Å². The maximum Gasteiger partial charge on any atom is 0.266 e. The summed E-state index contributed by atoms with van der Waals surface area (Å²) < 4.78 is 5.89. The van der Waals surface area contributed by atoms with Crippen molar-refractivity contribution in [1.82, 2.24) is 15.1 Å². The number of nitrogens with zero attached hydrogens (tertiary/aromatic N) is 2. The first-order chi connectivity index (χ1) is 14.5. The number of nitrogens with one attached hydrogen (secondary N) is 1. The third-order valence-electron chi connectivity index (χ3n) is 5.11. The van der Waals surface area contributed by atoms with E-state index in [9.17, 15) is 9.59 Å². The molecule has 0 bridgehead atoms. The van der Waals surface area contributed by atoms with E-state index in [1.165, 1.54) is 17.3 Å². The van der Waals surface area contributed by atoms with E-state index >= 15 is 0 Å². The molecule has 2 fully saturated rings. The maximum absolute atomic E-state index is 12.7. The summed E-state index contributed by atoms with van der Waals surface area (Å²) in [6.45, 7) is 7.68. The molecule has 3 rings (SSSR count). The van der Waals surface area contributed by atoms with Crippen molar-refractivity contribution >= 4 is 46.2 Å². The van der Waals surface area contributed by atoms with Gasteiger partial charge in [-0.25, -0.2) is 0 Å². The number of aryl methyl sites for hydroxylation is 1. The summed E-state index contributed by atoms with van der Waals surface area (Å²) in [5.41, 5.74) is 2.16. The van der Waals surface area contributed by atoms with Crippen molar-refractivity contribution in [1.29, 1.82) is 0 Å². The number of benzene rings is 1. The first kappa shape index (κ1) is 22.9. The molecular weight excluding hydrogens is 418 g/mol. The van der Waals surface area contributed by atoms with Crippen molar-refractivity contribution in [2.45, 2.75) is 26.2 Å². The number of hydrogen-bond acceptors (Lipinski definition) is 6. The van der Waals surface area contributed by atoms with E-state index in [-0.39, 0.29) is 11.8 Å². The Morgan fingerprint density at radius 2 is 1.93 bits per heavy atom. The monoisotopic (exact) mass is 447 g/mol. The summed E-state index contributed by atoms with van der Waals surface area (Å²) in [4.78, 5) is 29.3. The van der Waals surface area contributed by atoms with E-state index < -0.39 is 0 Å². The van der Waals surface area contributed by atoms with Gasteiger partial charge >= 0.3 is 0 Å². The molecule has 6 nitrogen and oxygen atoms in total. The lowest BCUT2D eigenvalue weighted by Crippen LogP contribution is -2.38. The highest BCUT2D eigenvalue weighted by atomic mass is 32.2. The summed E-state index contributed by atoms with van der Waals surface area (Å²) in [6, 6.07) is 8.02. The summed E-state index contributed by atoms with van der Waals surface area (Å²) in [5, 5.41) is 2.97. The number of morpholine rings is 1. The molecule has 2 aliphatic heterocycles. The zero-order valence-corrected chi connectivity index (χ0v) is 19.0. The predicted molar refractivity (Wildman–Crippen MR) is 125 cm³/mol. The second-order valence-corrected chi connectivity index (χ2v) is 9.18. The molecule has 0 aliphatic carbocycles. The van der Waals surface area contributed by atoms with Gasteiger partial charge in [-0.15, -0.1) is 0 Å². The van der Waals surface area contributed by atoms with Crippen molar-refractivity contribution in [2.75, 3.05) is 45.9 Å². The van der Waals surface area contributed by atoms with Crippen molar-refractivity contribution < 1.29 is 14.3 Å². The van der Waals surface area contributed by atoms with Crippen LogP contribution in [0.15, 0.2) is 29.2 Å². The summed E-state index contributed by atoms with van der Waals surface area (Å²) in [5.74, 6) is -0.0471. The molecule has 0 spiro atoms. The molecule has 2 saturated heterocycles. The molecule has 1 aromatic rings. The molecule has 1 N–H and O–H groups in total. The number of carbonyl (C=O) groups excluding carboxylic acids is 2. The third kappa shape index (κ3) is 6.91. The Kier molecular flexibility index (Phi) is 8.87. The number of carbonyl (C=O) groups is 2. The Balaban J connectivity index is 1.35. The third-order valence-corrected chi connectivity index (χ3v) is 6.49. The van der Waals surface area contributed by atoms with E-state index in [1.807, 2.05) is 37.3 Å². The Labute approximate surface area is 188 Å². The quantitative estimate of drug-likeness (QED) is 0.357. The molecule has 2 heterocycles. The van der Waals surface area contributed by atoms with Gasteiger partial charge in [-0.05, 0) is 37.9 Å². The van der Waals surface area contributed by atoms with Gasteiger partial charge in [-0.2, -0.15) is 0 Å². The molecule has 162 valence electrons. The standard InChI is InChI=1S/C22H29N3O3S2/c1-17-5-7-18(8-6-17)16-19-21(27)25(22(29)30-19)11-2-4-20(26)23-9-3-10-24-12-14-28-15-13-24/h5-8,16H,2-4,9-15H2,1H3,(H,23,26). The van der Waals surface area contributed by atoms with Gasteiger partial charge in [0.1, 0.15) is 4.32 Å². The zero-order valence-electron chi connectivity index (χ0n) is 17.4. The number of ether oxygens (including phenoxy) is 1. The summed E-state index contributed by atoms with van der Waals surface area (Å²) >= 11 is 6.70. The van der Waals surface area contributed by atoms with Crippen LogP contribution < -0.4 is 5.32 Å². The number of thioether (sulfide) groups is 1. The first-order valence-corrected chi connectivity index (χ1v) is 11.6. The van der Waals surface area contributed by atoms with Crippen LogP contribution in [0.5, 0.6) is 0 Å². The molecule has 2 aliphatic rings. The highest BCUT2D eigenvalue weighted by molar-refractivity contribution is 8.26. The Morgan fingerprint density at radius 3 is 2.67 bits per heavy atom. The van der Waals surface area contributed by atoms with E-state index in [2.05, 4.69) is 10.2 Å². The fraction of sp³-hybridized carbons (Fsp3) is 0.500. The summed E-state index contributed by atoms with van der Waals surface area (Å²) in [6.07, 6.45) is 3.80. The first-order valence-electron chi connectivity index (χ1n) is 10.4. The average Bonchev–Trinajstić information content (AvgIpc) is 3.01. The van der Waals surface area contributed by atoms with Crippen LogP contribution in [-0.2, 0) is 14.3 Å².